The predicted octanol–water partition coefficient (Wildman–Crippen LogP) is 3.99. The first-order valence-electron chi connectivity index (χ1n) is 7.39. The molecule has 3 aromatic rings. The first kappa shape index (κ1) is 17.3. The summed E-state index contributed by atoms with van der Waals surface area (Å²) in [4.78, 5) is 15.5. The van der Waals surface area contributed by atoms with E-state index in [0.717, 1.165) is 17.4 Å². The summed E-state index contributed by atoms with van der Waals surface area (Å²) in [6.45, 7) is 0. The van der Waals surface area contributed by atoms with E-state index in [4.69, 9.17) is 11.6 Å². The fraction of sp³-hybridized carbons (Fsp3) is 0.0556. The Bertz CT molecular complexity index is 1030. The van der Waals surface area contributed by atoms with Gasteiger partial charge in [-0.2, -0.15) is 0 Å². The van der Waals surface area contributed by atoms with Crippen LogP contribution in [0.25, 0.3) is 11.1 Å². The lowest BCUT2D eigenvalue weighted by Gasteiger charge is -2.09. The first-order chi connectivity index (χ1) is 11.8. The number of halogens is 1. The molecule has 2 aromatic carbocycles. The van der Waals surface area contributed by atoms with Crippen molar-refractivity contribution in [2.24, 2.45) is 0 Å². The Balaban J connectivity index is 1.85. The Labute approximate surface area is 150 Å². The number of benzene rings is 2. The fourth-order valence-corrected chi connectivity index (χ4v) is 3.37. The third-order valence-electron chi connectivity index (χ3n) is 3.67. The molecule has 0 spiro atoms. The molecule has 0 fully saturated rings. The van der Waals surface area contributed by atoms with Crippen molar-refractivity contribution < 1.29 is 13.2 Å². The highest BCUT2D eigenvalue weighted by Gasteiger charge is 2.15. The van der Waals surface area contributed by atoms with Crippen LogP contribution < -0.4 is 5.32 Å². The largest absolute Gasteiger partial charge is 0.367 e. The molecule has 0 saturated heterocycles. The van der Waals surface area contributed by atoms with Crippen molar-refractivity contribution in [2.45, 2.75) is 4.90 Å². The van der Waals surface area contributed by atoms with Crippen LogP contribution in [0.4, 0.5) is 5.69 Å². The molecule has 0 bridgehead atoms. The SMILES string of the molecule is CS(=O)(=O)c1ccc(C(=O)Nc2cccc(-c3cc[nH]c3)c2)c(Cl)c1. The van der Waals surface area contributed by atoms with Gasteiger partial charge in [-0.15, -0.1) is 0 Å². The Morgan fingerprint density at radius 3 is 2.52 bits per heavy atom. The zero-order chi connectivity index (χ0) is 18.0. The monoisotopic (exact) mass is 374 g/mol. The Kier molecular flexibility index (Phi) is 4.65. The summed E-state index contributed by atoms with van der Waals surface area (Å²) in [5.74, 6) is -0.406. The molecular weight excluding hydrogens is 360 g/mol. The molecule has 25 heavy (non-hydrogen) atoms. The Hall–Kier alpha value is -2.57. The van der Waals surface area contributed by atoms with Crippen molar-refractivity contribution in [3.8, 4) is 11.1 Å². The highest BCUT2D eigenvalue weighted by Crippen LogP contribution is 2.24. The fourth-order valence-electron chi connectivity index (χ4n) is 2.39. The molecule has 0 atom stereocenters. The van der Waals surface area contributed by atoms with Crippen molar-refractivity contribution >= 4 is 33.0 Å². The molecular formula is C18H15ClN2O3S. The first-order valence-corrected chi connectivity index (χ1v) is 9.66. The van der Waals surface area contributed by atoms with E-state index in [9.17, 15) is 13.2 Å². The number of carbonyl (C=O) groups is 1. The molecule has 0 aliphatic carbocycles. The summed E-state index contributed by atoms with van der Waals surface area (Å²) in [5.41, 5.74) is 2.79. The molecule has 0 radical (unpaired) electrons. The number of amides is 1. The number of H-pyrrole nitrogens is 1. The number of hydrogen-bond acceptors (Lipinski definition) is 3. The van der Waals surface area contributed by atoms with Crippen molar-refractivity contribution in [2.75, 3.05) is 11.6 Å². The van der Waals surface area contributed by atoms with Crippen LogP contribution in [0.1, 0.15) is 10.4 Å². The number of nitrogens with one attached hydrogen (secondary N) is 2. The van der Waals surface area contributed by atoms with Gasteiger partial charge in [0.25, 0.3) is 5.91 Å². The molecule has 2 N–H and O–H groups in total. The summed E-state index contributed by atoms with van der Waals surface area (Å²) >= 11 is 6.08. The molecule has 0 aliphatic rings. The highest BCUT2D eigenvalue weighted by molar-refractivity contribution is 7.90. The average Bonchev–Trinajstić information content (AvgIpc) is 3.08. The van der Waals surface area contributed by atoms with Crippen molar-refractivity contribution in [3.05, 3.63) is 71.5 Å². The van der Waals surface area contributed by atoms with Gasteiger partial charge in [-0.05, 0) is 47.5 Å². The third-order valence-corrected chi connectivity index (χ3v) is 5.09. The second-order valence-electron chi connectivity index (χ2n) is 5.55. The van der Waals surface area contributed by atoms with Crippen LogP contribution in [0, 0.1) is 0 Å². The Morgan fingerprint density at radius 2 is 1.88 bits per heavy atom. The van der Waals surface area contributed by atoms with Crippen LogP contribution >= 0.6 is 11.6 Å². The van der Waals surface area contributed by atoms with Crippen LogP contribution in [0.3, 0.4) is 0 Å². The molecule has 0 saturated carbocycles. The predicted molar refractivity (Wildman–Crippen MR) is 98.7 cm³/mol. The van der Waals surface area contributed by atoms with E-state index < -0.39 is 15.7 Å². The highest BCUT2D eigenvalue weighted by atomic mass is 35.5. The van der Waals surface area contributed by atoms with Gasteiger partial charge >= 0.3 is 0 Å². The summed E-state index contributed by atoms with van der Waals surface area (Å²) in [6.07, 6.45) is 4.77. The topological polar surface area (TPSA) is 79.0 Å². The van der Waals surface area contributed by atoms with E-state index in [1.165, 1.54) is 18.2 Å². The third kappa shape index (κ3) is 3.92. The van der Waals surface area contributed by atoms with E-state index >= 15 is 0 Å². The number of aromatic nitrogens is 1. The van der Waals surface area contributed by atoms with Gasteiger partial charge in [0.05, 0.1) is 15.5 Å². The van der Waals surface area contributed by atoms with Crippen LogP contribution in [0.15, 0.2) is 65.8 Å². The van der Waals surface area contributed by atoms with E-state index in [1.807, 2.05) is 36.7 Å². The number of anilines is 1. The number of rotatable bonds is 4. The summed E-state index contributed by atoms with van der Waals surface area (Å²) in [7, 11) is -3.38. The lowest BCUT2D eigenvalue weighted by Crippen LogP contribution is -2.13. The number of sulfone groups is 1. The van der Waals surface area contributed by atoms with Gasteiger partial charge in [-0.25, -0.2) is 8.42 Å². The molecule has 7 heteroatoms. The normalized spacial score (nSPS) is 11.3. The zero-order valence-corrected chi connectivity index (χ0v) is 14.9. The maximum absolute atomic E-state index is 12.4. The van der Waals surface area contributed by atoms with E-state index in [2.05, 4.69) is 10.3 Å². The van der Waals surface area contributed by atoms with E-state index in [0.29, 0.717) is 5.69 Å². The van der Waals surface area contributed by atoms with E-state index in [1.54, 1.807) is 6.07 Å². The molecule has 0 aliphatic heterocycles. The summed E-state index contributed by atoms with van der Waals surface area (Å²) in [6, 6.07) is 13.4. The molecule has 1 heterocycles. The van der Waals surface area contributed by atoms with Gasteiger partial charge in [0.2, 0.25) is 0 Å². The number of aromatic amines is 1. The molecule has 0 unspecified atom stereocenters. The number of carbonyl (C=O) groups excluding carboxylic acids is 1. The number of hydrogen-bond donors (Lipinski definition) is 2. The van der Waals surface area contributed by atoms with Gasteiger partial charge in [0.1, 0.15) is 0 Å². The minimum atomic E-state index is -3.38. The zero-order valence-electron chi connectivity index (χ0n) is 13.3. The van der Waals surface area contributed by atoms with E-state index in [-0.39, 0.29) is 15.5 Å². The van der Waals surface area contributed by atoms with Gasteiger partial charge in [0.15, 0.2) is 9.84 Å². The van der Waals surface area contributed by atoms with Crippen molar-refractivity contribution in [1.82, 2.24) is 4.98 Å². The maximum Gasteiger partial charge on any atom is 0.257 e. The minimum absolute atomic E-state index is 0.0727. The summed E-state index contributed by atoms with van der Waals surface area (Å²) in [5, 5.41) is 2.86. The van der Waals surface area contributed by atoms with Crippen molar-refractivity contribution in [3.63, 3.8) is 0 Å². The second kappa shape index (κ2) is 6.74. The van der Waals surface area contributed by atoms with Crippen LogP contribution in [-0.2, 0) is 9.84 Å². The smallest absolute Gasteiger partial charge is 0.257 e. The molecule has 128 valence electrons. The average molecular weight is 375 g/mol. The minimum Gasteiger partial charge on any atom is -0.367 e. The molecule has 1 aromatic heterocycles. The quantitative estimate of drug-likeness (QED) is 0.724. The summed E-state index contributed by atoms with van der Waals surface area (Å²) < 4.78 is 23.1. The van der Waals surface area contributed by atoms with Crippen LogP contribution in [0.5, 0.6) is 0 Å². The van der Waals surface area contributed by atoms with Crippen LogP contribution in [0.2, 0.25) is 5.02 Å². The molecule has 1 amide bonds. The lowest BCUT2D eigenvalue weighted by atomic mass is 10.1. The van der Waals surface area contributed by atoms with Crippen molar-refractivity contribution in [1.29, 1.82) is 0 Å². The lowest BCUT2D eigenvalue weighted by molar-refractivity contribution is 0.102. The van der Waals surface area contributed by atoms with Crippen LogP contribution in [-0.4, -0.2) is 25.6 Å². The van der Waals surface area contributed by atoms with Gasteiger partial charge in [-0.3, -0.25) is 4.79 Å². The van der Waals surface area contributed by atoms with Gasteiger partial charge in [-0.1, -0.05) is 23.7 Å². The van der Waals surface area contributed by atoms with Gasteiger partial charge < -0.3 is 10.3 Å². The maximum atomic E-state index is 12.4. The second-order valence-corrected chi connectivity index (χ2v) is 7.97. The molecule has 3 rings (SSSR count). The standard InChI is InChI=1S/C18H15ClN2O3S/c1-25(23,24)15-5-6-16(17(19)10-15)18(22)21-14-4-2-3-12(9-14)13-7-8-20-11-13/h2-11,20H,1H3,(H,21,22). The van der Waals surface area contributed by atoms with Gasteiger partial charge in [0, 0.05) is 24.3 Å². The molecule has 5 nitrogen and oxygen atoms in total. The Morgan fingerprint density at radius 1 is 1.08 bits per heavy atom.